The summed E-state index contributed by atoms with van der Waals surface area (Å²) in [5, 5.41) is 12.3. The Morgan fingerprint density at radius 3 is 2.61 bits per heavy atom. The Hall–Kier alpha value is -3.11. The van der Waals surface area contributed by atoms with Crippen molar-refractivity contribution in [3.63, 3.8) is 0 Å². The molecule has 0 bridgehead atoms. The number of rotatable bonds is 5. The molecule has 2 aliphatic rings. The van der Waals surface area contributed by atoms with Crippen LogP contribution >= 0.6 is 11.8 Å². The van der Waals surface area contributed by atoms with Crippen LogP contribution in [0.2, 0.25) is 0 Å². The Kier molecular flexibility index (Phi) is 7.00. The molecule has 1 atom stereocenters. The third kappa shape index (κ3) is 5.53. The van der Waals surface area contributed by atoms with Gasteiger partial charge in [0, 0.05) is 35.4 Å². The highest BCUT2D eigenvalue weighted by molar-refractivity contribution is 8.13. The van der Waals surface area contributed by atoms with Crippen molar-refractivity contribution in [3.8, 4) is 0 Å². The van der Waals surface area contributed by atoms with Crippen molar-refractivity contribution in [3.05, 3.63) is 113 Å². The molecule has 1 N–H and O–H groups in total. The van der Waals surface area contributed by atoms with Gasteiger partial charge in [-0.2, -0.15) is 0 Å². The molecule has 0 spiro atoms. The van der Waals surface area contributed by atoms with Gasteiger partial charge in [0.25, 0.3) is 0 Å². The highest BCUT2D eigenvalue weighted by Crippen LogP contribution is 2.36. The molecular weight excluding hydrogens is 400 g/mol. The predicted molar refractivity (Wildman–Crippen MR) is 133 cm³/mol. The molecule has 3 nitrogen and oxygen atoms in total. The lowest BCUT2D eigenvalue weighted by molar-refractivity contribution is 0.499. The Balaban J connectivity index is 1.60. The average molecular weight is 427 g/mol. The van der Waals surface area contributed by atoms with E-state index in [9.17, 15) is 5.11 Å². The Labute approximate surface area is 188 Å². The number of nitrogens with zero attached hydrogens (tertiary/aromatic N) is 2. The monoisotopic (exact) mass is 426 g/mol. The van der Waals surface area contributed by atoms with E-state index in [-0.39, 0.29) is 5.92 Å². The normalized spacial score (nSPS) is 18.8. The fraction of sp³-hybridized carbons (Fsp3) is 0.185. The first kappa shape index (κ1) is 21.1. The van der Waals surface area contributed by atoms with Gasteiger partial charge >= 0.3 is 0 Å². The second-order valence-electron chi connectivity index (χ2n) is 7.68. The number of hydrogen-bond donors (Lipinski definition) is 1. The summed E-state index contributed by atoms with van der Waals surface area (Å²) in [6.45, 7) is 2.10. The highest BCUT2D eigenvalue weighted by atomic mass is 32.2. The third-order valence-corrected chi connectivity index (χ3v) is 6.43. The summed E-state index contributed by atoms with van der Waals surface area (Å²) in [5.74, 6) is 1.28. The molecule has 0 fully saturated rings. The van der Waals surface area contributed by atoms with E-state index in [0.717, 1.165) is 33.9 Å². The summed E-state index contributed by atoms with van der Waals surface area (Å²) in [6.07, 6.45) is 13.4. The van der Waals surface area contributed by atoms with Crippen LogP contribution in [-0.2, 0) is 5.75 Å². The minimum absolute atomic E-state index is 0.105. The third-order valence-electron chi connectivity index (χ3n) is 5.37. The number of aliphatic hydroxyl groups is 1. The molecule has 1 unspecified atom stereocenters. The Morgan fingerprint density at radius 1 is 1.06 bits per heavy atom. The molecule has 0 saturated carbocycles. The topological polar surface area (TPSA) is 45.0 Å². The molecule has 1 aliphatic heterocycles. The number of aryl methyl sites for hydroxylation is 1. The summed E-state index contributed by atoms with van der Waals surface area (Å²) in [7, 11) is 0. The number of aliphatic imine (C=N–C) groups is 2. The van der Waals surface area contributed by atoms with Gasteiger partial charge in [-0.15, -0.1) is 11.8 Å². The van der Waals surface area contributed by atoms with Crippen LogP contribution in [0.15, 0.2) is 106 Å². The molecule has 0 amide bonds. The molecule has 1 aliphatic carbocycles. The van der Waals surface area contributed by atoms with E-state index in [1.54, 1.807) is 18.1 Å². The maximum absolute atomic E-state index is 11.3. The van der Waals surface area contributed by atoms with Gasteiger partial charge in [-0.05, 0) is 24.5 Å². The average Bonchev–Trinajstić information content (AvgIpc) is 3.06. The highest BCUT2D eigenvalue weighted by Gasteiger charge is 2.23. The van der Waals surface area contributed by atoms with Crippen molar-refractivity contribution in [1.29, 1.82) is 0 Å². The zero-order valence-electron chi connectivity index (χ0n) is 17.6. The van der Waals surface area contributed by atoms with E-state index in [1.165, 1.54) is 11.1 Å². The summed E-state index contributed by atoms with van der Waals surface area (Å²) < 4.78 is 0. The van der Waals surface area contributed by atoms with Gasteiger partial charge in [-0.3, -0.25) is 0 Å². The number of thioether (sulfide) groups is 1. The van der Waals surface area contributed by atoms with E-state index >= 15 is 0 Å². The van der Waals surface area contributed by atoms with Crippen molar-refractivity contribution in [2.24, 2.45) is 15.9 Å². The molecule has 156 valence electrons. The maximum atomic E-state index is 11.3. The number of allylic oxidation sites excluding steroid dienone is 6. The molecular formula is C27H26N2OS. The molecule has 0 radical (unpaired) electrons. The number of benzene rings is 2. The zero-order chi connectivity index (χ0) is 21.5. The van der Waals surface area contributed by atoms with Crippen molar-refractivity contribution in [1.82, 2.24) is 0 Å². The fourth-order valence-corrected chi connectivity index (χ4v) is 4.60. The first-order chi connectivity index (χ1) is 15.2. The van der Waals surface area contributed by atoms with Gasteiger partial charge in [0.1, 0.15) is 12.1 Å². The minimum atomic E-state index is 0.105. The van der Waals surface area contributed by atoms with E-state index in [0.29, 0.717) is 12.2 Å². The molecule has 2 aromatic carbocycles. The first-order valence-corrected chi connectivity index (χ1v) is 11.5. The summed E-state index contributed by atoms with van der Waals surface area (Å²) >= 11 is 1.73. The summed E-state index contributed by atoms with van der Waals surface area (Å²) in [4.78, 5) is 8.95. The van der Waals surface area contributed by atoms with E-state index in [1.807, 2.05) is 42.6 Å². The van der Waals surface area contributed by atoms with Crippen LogP contribution in [0.1, 0.15) is 29.5 Å². The molecule has 4 rings (SSSR count). The summed E-state index contributed by atoms with van der Waals surface area (Å²) in [5.41, 5.74) is 5.29. The lowest BCUT2D eigenvalue weighted by Gasteiger charge is -2.22. The van der Waals surface area contributed by atoms with Gasteiger partial charge in [-0.25, -0.2) is 9.98 Å². The quantitative estimate of drug-likeness (QED) is 0.521. The first-order valence-electron chi connectivity index (χ1n) is 10.5. The smallest absolute Gasteiger partial charge is 0.126 e. The van der Waals surface area contributed by atoms with E-state index in [2.05, 4.69) is 59.4 Å². The van der Waals surface area contributed by atoms with Crippen molar-refractivity contribution >= 4 is 28.9 Å². The SMILES string of the molecule is Cc1ccc(CSC2=NC=NC=C(/C(=C(\O)c3ccccc3)C3C=CC=CC3)C2)cc1. The van der Waals surface area contributed by atoms with Gasteiger partial charge in [0.15, 0.2) is 0 Å². The maximum Gasteiger partial charge on any atom is 0.126 e. The Morgan fingerprint density at radius 2 is 1.87 bits per heavy atom. The summed E-state index contributed by atoms with van der Waals surface area (Å²) in [6, 6.07) is 18.3. The molecule has 31 heavy (non-hydrogen) atoms. The van der Waals surface area contributed by atoms with Crippen molar-refractivity contribution in [2.45, 2.75) is 25.5 Å². The van der Waals surface area contributed by atoms with Crippen LogP contribution in [0.5, 0.6) is 0 Å². The number of hydrogen-bond acceptors (Lipinski definition) is 4. The van der Waals surface area contributed by atoms with Crippen molar-refractivity contribution < 1.29 is 5.11 Å². The van der Waals surface area contributed by atoms with Gasteiger partial charge in [0.05, 0.1) is 5.04 Å². The molecule has 0 saturated heterocycles. The standard InChI is InChI=1S/C27H26N2OS/c1-20-12-14-21(15-13-20)18-31-25-16-24(17-28-19-29-25)26(22-8-4-2-5-9-22)27(30)23-10-6-3-7-11-23/h2-8,10-15,17,19,22,30H,9,16,18H2,1H3/b27-26-. The van der Waals surface area contributed by atoms with Crippen LogP contribution in [0.3, 0.4) is 0 Å². The number of aliphatic hydroxyl groups excluding tert-OH is 1. The van der Waals surface area contributed by atoms with Crippen molar-refractivity contribution in [2.75, 3.05) is 0 Å². The second kappa shape index (κ2) is 10.3. The zero-order valence-corrected chi connectivity index (χ0v) is 18.4. The van der Waals surface area contributed by atoms with E-state index in [4.69, 9.17) is 0 Å². The molecule has 2 aromatic rings. The minimum Gasteiger partial charge on any atom is -0.507 e. The Bertz CT molecular complexity index is 1090. The predicted octanol–water partition coefficient (Wildman–Crippen LogP) is 7.04. The molecule has 1 heterocycles. The van der Waals surface area contributed by atoms with Crippen LogP contribution in [-0.4, -0.2) is 16.5 Å². The molecule has 0 aromatic heterocycles. The van der Waals surface area contributed by atoms with Crippen LogP contribution in [0.4, 0.5) is 0 Å². The van der Waals surface area contributed by atoms with Crippen LogP contribution in [0.25, 0.3) is 5.76 Å². The molecule has 4 heteroatoms. The van der Waals surface area contributed by atoms with Crippen LogP contribution in [0, 0.1) is 12.8 Å². The lowest BCUT2D eigenvalue weighted by atomic mass is 9.84. The van der Waals surface area contributed by atoms with Gasteiger partial charge in [-0.1, -0.05) is 84.5 Å². The largest absolute Gasteiger partial charge is 0.507 e. The van der Waals surface area contributed by atoms with Crippen LogP contribution < -0.4 is 0 Å². The fourth-order valence-electron chi connectivity index (χ4n) is 3.69. The van der Waals surface area contributed by atoms with Gasteiger partial charge < -0.3 is 5.11 Å². The van der Waals surface area contributed by atoms with E-state index < -0.39 is 0 Å². The lowest BCUT2D eigenvalue weighted by Crippen LogP contribution is -2.10. The van der Waals surface area contributed by atoms with Gasteiger partial charge in [0.2, 0.25) is 0 Å². The second-order valence-corrected chi connectivity index (χ2v) is 8.72.